The summed E-state index contributed by atoms with van der Waals surface area (Å²) in [7, 11) is 1.71. The molecule has 8 nitrogen and oxygen atoms in total. The summed E-state index contributed by atoms with van der Waals surface area (Å²) in [5.74, 6) is 6.94. The molecule has 8 heteroatoms. The molecule has 0 unspecified atom stereocenters. The summed E-state index contributed by atoms with van der Waals surface area (Å²) in [6, 6.07) is 8.44. The number of fused-ring (bicyclic) bond motifs is 1. The Bertz CT molecular complexity index is 1250. The molecule has 36 heavy (non-hydrogen) atoms. The fourth-order valence-electron chi connectivity index (χ4n) is 5.01. The van der Waals surface area contributed by atoms with E-state index in [4.69, 9.17) is 14.6 Å². The van der Waals surface area contributed by atoms with Crippen molar-refractivity contribution in [3.05, 3.63) is 41.6 Å². The Hall–Kier alpha value is -3.09. The van der Waals surface area contributed by atoms with Gasteiger partial charge in [0, 0.05) is 67.4 Å². The first-order valence-electron chi connectivity index (χ1n) is 12.7. The topological polar surface area (TPSA) is 94.1 Å². The largest absolute Gasteiger partial charge is 0.495 e. The molecule has 0 saturated carbocycles. The van der Waals surface area contributed by atoms with E-state index in [-0.39, 0.29) is 12.7 Å². The van der Waals surface area contributed by atoms with Crippen LogP contribution < -0.4 is 9.64 Å². The second-order valence-corrected chi connectivity index (χ2v) is 9.37. The summed E-state index contributed by atoms with van der Waals surface area (Å²) in [4.78, 5) is 12.9. The number of aromatic nitrogens is 2. The van der Waals surface area contributed by atoms with Crippen LogP contribution in [0.15, 0.2) is 30.5 Å². The van der Waals surface area contributed by atoms with Gasteiger partial charge in [-0.25, -0.2) is 4.98 Å². The van der Waals surface area contributed by atoms with E-state index in [1.54, 1.807) is 13.3 Å². The first-order valence-corrected chi connectivity index (χ1v) is 12.7. The second kappa shape index (κ2) is 11.3. The molecule has 5 rings (SSSR count). The van der Waals surface area contributed by atoms with E-state index in [0.29, 0.717) is 6.42 Å². The number of rotatable bonds is 6. The molecule has 0 bridgehead atoms. The number of piperidine rings is 1. The van der Waals surface area contributed by atoms with Crippen molar-refractivity contribution in [1.82, 2.24) is 14.9 Å². The van der Waals surface area contributed by atoms with Crippen molar-refractivity contribution in [2.24, 2.45) is 0 Å². The Morgan fingerprint density at radius 3 is 2.72 bits per heavy atom. The van der Waals surface area contributed by atoms with Gasteiger partial charge >= 0.3 is 0 Å². The number of hydrogen-bond donors (Lipinski definition) is 3. The highest BCUT2D eigenvalue weighted by Crippen LogP contribution is 2.37. The normalized spacial score (nSPS) is 17.2. The number of pyridine rings is 1. The number of hydrogen-bond acceptors (Lipinski definition) is 7. The zero-order valence-corrected chi connectivity index (χ0v) is 20.8. The predicted molar refractivity (Wildman–Crippen MR) is 140 cm³/mol. The highest BCUT2D eigenvalue weighted by Gasteiger charge is 2.23. The molecule has 3 aromatic rings. The molecule has 0 radical (unpaired) electrons. The lowest BCUT2D eigenvalue weighted by molar-refractivity contribution is 0.0344. The number of aliphatic hydroxyl groups excluding tert-OH is 2. The van der Waals surface area contributed by atoms with E-state index in [1.165, 1.54) is 5.56 Å². The minimum Gasteiger partial charge on any atom is -0.495 e. The van der Waals surface area contributed by atoms with Crippen LogP contribution in [0.5, 0.6) is 5.75 Å². The second-order valence-electron chi connectivity index (χ2n) is 9.37. The molecule has 2 saturated heterocycles. The number of anilines is 1. The van der Waals surface area contributed by atoms with Crippen molar-refractivity contribution in [3.63, 3.8) is 0 Å². The van der Waals surface area contributed by atoms with Crippen LogP contribution in [0.4, 0.5) is 5.69 Å². The summed E-state index contributed by atoms with van der Waals surface area (Å²) in [6.07, 6.45) is 3.54. The third kappa shape index (κ3) is 5.35. The van der Waals surface area contributed by atoms with Crippen LogP contribution in [0, 0.1) is 11.8 Å². The number of methoxy groups -OCH3 is 1. The van der Waals surface area contributed by atoms with Crippen molar-refractivity contribution in [2.45, 2.75) is 31.9 Å². The molecule has 0 atom stereocenters. The minimum absolute atomic E-state index is 0.0507. The van der Waals surface area contributed by atoms with Crippen LogP contribution >= 0.6 is 0 Å². The Morgan fingerprint density at radius 1 is 1.17 bits per heavy atom. The van der Waals surface area contributed by atoms with Crippen LogP contribution in [-0.4, -0.2) is 84.3 Å². The zero-order chi connectivity index (χ0) is 24.9. The zero-order valence-electron chi connectivity index (χ0n) is 20.8. The Morgan fingerprint density at radius 2 is 1.97 bits per heavy atom. The van der Waals surface area contributed by atoms with Gasteiger partial charge in [0.25, 0.3) is 0 Å². The highest BCUT2D eigenvalue weighted by molar-refractivity contribution is 5.90. The van der Waals surface area contributed by atoms with Gasteiger partial charge in [0.05, 0.1) is 44.4 Å². The van der Waals surface area contributed by atoms with Crippen molar-refractivity contribution < 1.29 is 19.7 Å². The minimum atomic E-state index is -0.216. The lowest BCUT2D eigenvalue weighted by Gasteiger charge is -2.32. The van der Waals surface area contributed by atoms with E-state index >= 15 is 0 Å². The Balaban J connectivity index is 1.54. The first-order chi connectivity index (χ1) is 17.7. The number of benzene rings is 1. The Labute approximate surface area is 211 Å². The van der Waals surface area contributed by atoms with Crippen LogP contribution in [-0.2, 0) is 11.3 Å². The molecule has 1 aromatic carbocycles. The van der Waals surface area contributed by atoms with Crippen LogP contribution in [0.2, 0.25) is 0 Å². The summed E-state index contributed by atoms with van der Waals surface area (Å²) >= 11 is 0. The van der Waals surface area contributed by atoms with E-state index in [9.17, 15) is 5.11 Å². The highest BCUT2D eigenvalue weighted by atomic mass is 16.5. The van der Waals surface area contributed by atoms with Gasteiger partial charge in [0.15, 0.2) is 0 Å². The maximum absolute atomic E-state index is 9.91. The lowest BCUT2D eigenvalue weighted by atomic mass is 10.0. The third-order valence-electron chi connectivity index (χ3n) is 6.99. The van der Waals surface area contributed by atoms with Crippen molar-refractivity contribution in [1.29, 1.82) is 0 Å². The molecule has 2 aromatic heterocycles. The molecule has 2 aliphatic rings. The van der Waals surface area contributed by atoms with Gasteiger partial charge in [-0.1, -0.05) is 17.9 Å². The molecule has 2 aliphatic heterocycles. The number of morpholine rings is 1. The molecule has 3 N–H and O–H groups in total. The van der Waals surface area contributed by atoms with E-state index in [1.807, 2.05) is 0 Å². The lowest BCUT2D eigenvalue weighted by Crippen LogP contribution is -2.36. The van der Waals surface area contributed by atoms with Crippen molar-refractivity contribution in [2.75, 3.05) is 58.0 Å². The molecule has 2 fully saturated rings. The van der Waals surface area contributed by atoms with E-state index < -0.39 is 0 Å². The van der Waals surface area contributed by atoms with E-state index in [2.05, 4.69) is 55.9 Å². The smallest absolute Gasteiger partial charge is 0.142 e. The van der Waals surface area contributed by atoms with Gasteiger partial charge in [0.2, 0.25) is 0 Å². The fraction of sp³-hybridized carbons (Fsp3) is 0.464. The summed E-state index contributed by atoms with van der Waals surface area (Å²) in [5, 5.41) is 20.0. The van der Waals surface area contributed by atoms with E-state index in [0.717, 1.165) is 98.1 Å². The number of H-pyrrole nitrogens is 1. The molecular weight excluding hydrogens is 456 g/mol. The van der Waals surface area contributed by atoms with Crippen LogP contribution in [0.1, 0.15) is 30.4 Å². The molecule has 0 aliphatic carbocycles. The van der Waals surface area contributed by atoms with Crippen molar-refractivity contribution >= 4 is 16.7 Å². The average Bonchev–Trinajstić information content (AvgIpc) is 3.27. The monoisotopic (exact) mass is 490 g/mol. The molecular formula is C28H34N4O4. The maximum atomic E-state index is 9.91. The number of ether oxygens (including phenoxy) is 2. The summed E-state index contributed by atoms with van der Waals surface area (Å²) < 4.78 is 11.4. The molecule has 190 valence electrons. The number of aliphatic hydroxyl groups is 2. The Kier molecular flexibility index (Phi) is 7.73. The van der Waals surface area contributed by atoms with Gasteiger partial charge in [0.1, 0.15) is 11.4 Å². The summed E-state index contributed by atoms with van der Waals surface area (Å²) in [6.45, 7) is 5.71. The summed E-state index contributed by atoms with van der Waals surface area (Å²) in [5.41, 5.74) is 5.98. The van der Waals surface area contributed by atoms with Gasteiger partial charge < -0.3 is 29.6 Å². The van der Waals surface area contributed by atoms with Gasteiger partial charge in [-0.15, -0.1) is 0 Å². The average molecular weight is 491 g/mol. The van der Waals surface area contributed by atoms with Gasteiger partial charge in [-0.05, 0) is 31.0 Å². The number of nitrogens with one attached hydrogen (secondary N) is 1. The van der Waals surface area contributed by atoms with Crippen LogP contribution in [0.25, 0.3) is 22.3 Å². The van der Waals surface area contributed by atoms with Gasteiger partial charge in [-0.2, -0.15) is 0 Å². The number of nitrogens with zero attached hydrogens (tertiary/aromatic N) is 3. The first kappa shape index (κ1) is 24.6. The maximum Gasteiger partial charge on any atom is 0.142 e. The molecule has 0 amide bonds. The molecule has 0 spiro atoms. The quantitative estimate of drug-likeness (QED) is 0.458. The molecule has 4 heterocycles. The number of aromatic amines is 1. The van der Waals surface area contributed by atoms with Crippen molar-refractivity contribution in [3.8, 4) is 28.8 Å². The predicted octanol–water partition coefficient (Wildman–Crippen LogP) is 2.77. The van der Waals surface area contributed by atoms with Gasteiger partial charge in [-0.3, -0.25) is 4.90 Å². The SMILES string of the molecule is COc1cc(-c2[nH]c3ncc(C#CCCO)cc3c2CN2CCOCC2)ccc1N1CCC(O)CC1. The third-order valence-corrected chi connectivity index (χ3v) is 6.99. The van der Waals surface area contributed by atoms with Crippen LogP contribution in [0.3, 0.4) is 0 Å². The fourth-order valence-corrected chi connectivity index (χ4v) is 5.01. The standard InChI is InChI=1S/C28H34N4O4/c1-35-26-17-21(5-6-25(26)32-9-7-22(34)8-10-32)27-24(19-31-11-14-36-15-12-31)23-16-20(4-2-3-13-33)18-29-28(23)30-27/h5-6,16-18,22,33-34H,3,7-15,19H2,1H3,(H,29,30).